The van der Waals surface area contributed by atoms with Crippen molar-refractivity contribution < 1.29 is 27.1 Å². The zero-order chi connectivity index (χ0) is 24.2. The van der Waals surface area contributed by atoms with E-state index < -0.39 is 26.3 Å². The van der Waals surface area contributed by atoms with Crippen LogP contribution in [0.1, 0.15) is 25.7 Å². The molecule has 0 radical (unpaired) electrons. The number of benzene rings is 2. The minimum absolute atomic E-state index is 0.0448. The van der Waals surface area contributed by atoms with Crippen molar-refractivity contribution in [2.24, 2.45) is 0 Å². The van der Waals surface area contributed by atoms with Crippen LogP contribution in [0.25, 0.3) is 0 Å². The summed E-state index contributed by atoms with van der Waals surface area (Å²) in [5.41, 5.74) is -1.23. The highest BCUT2D eigenvalue weighted by molar-refractivity contribution is 7.89. The highest BCUT2D eigenvalue weighted by Crippen LogP contribution is 2.30. The molecule has 34 heavy (non-hydrogen) atoms. The number of halogens is 2. The first-order valence-electron chi connectivity index (χ1n) is 11.3. The monoisotopic (exact) mass is 510 g/mol. The summed E-state index contributed by atoms with van der Waals surface area (Å²) >= 11 is 6.06. The Labute approximate surface area is 204 Å². The standard InChI is InChI=1S/C24H28ClFN2O5S/c25-19-7-6-8-20(15-19)32-18-24(16-23(29)27-11-4-1-5-12-27)17-28(13-14-33-24)34(30,31)22-10-3-2-9-21(22)26/h2-3,6-10,15H,1,4-5,11-14,16-18H2/t24-/m0/s1. The number of piperidine rings is 1. The predicted octanol–water partition coefficient (Wildman–Crippen LogP) is 3.72. The van der Waals surface area contributed by atoms with Gasteiger partial charge < -0.3 is 14.4 Å². The van der Waals surface area contributed by atoms with Crippen LogP contribution in [0, 0.1) is 5.82 Å². The fourth-order valence-corrected chi connectivity index (χ4v) is 6.10. The van der Waals surface area contributed by atoms with E-state index in [1.807, 2.05) is 0 Å². The smallest absolute Gasteiger partial charge is 0.246 e. The van der Waals surface area contributed by atoms with E-state index in [0.717, 1.165) is 25.3 Å². The second-order valence-corrected chi connectivity index (χ2v) is 11.0. The molecule has 0 unspecified atom stereocenters. The second-order valence-electron chi connectivity index (χ2n) is 8.66. The minimum Gasteiger partial charge on any atom is -0.490 e. The van der Waals surface area contributed by atoms with Gasteiger partial charge >= 0.3 is 0 Å². The summed E-state index contributed by atoms with van der Waals surface area (Å²) in [6, 6.07) is 12.1. The molecule has 2 aromatic carbocycles. The summed E-state index contributed by atoms with van der Waals surface area (Å²) in [6.45, 7) is 1.25. The van der Waals surface area contributed by atoms with Crippen molar-refractivity contribution >= 4 is 27.5 Å². The summed E-state index contributed by atoms with van der Waals surface area (Å²) in [4.78, 5) is 14.5. The average molecular weight is 511 g/mol. The fraction of sp³-hybridized carbons (Fsp3) is 0.458. The average Bonchev–Trinajstić information content (AvgIpc) is 2.84. The number of carbonyl (C=O) groups is 1. The van der Waals surface area contributed by atoms with Crippen LogP contribution in [0.15, 0.2) is 53.4 Å². The molecule has 2 aliphatic rings. The Bertz CT molecular complexity index is 1130. The van der Waals surface area contributed by atoms with Gasteiger partial charge in [0.05, 0.1) is 13.0 Å². The lowest BCUT2D eigenvalue weighted by atomic mass is 9.97. The number of sulfonamides is 1. The van der Waals surface area contributed by atoms with Crippen LogP contribution in [0.4, 0.5) is 4.39 Å². The maximum absolute atomic E-state index is 14.4. The molecule has 2 heterocycles. The van der Waals surface area contributed by atoms with Gasteiger partial charge in [0, 0.05) is 31.2 Å². The van der Waals surface area contributed by atoms with Crippen molar-refractivity contribution in [3.05, 3.63) is 59.4 Å². The maximum atomic E-state index is 14.4. The van der Waals surface area contributed by atoms with Crippen LogP contribution >= 0.6 is 11.6 Å². The van der Waals surface area contributed by atoms with Crippen molar-refractivity contribution in [1.29, 1.82) is 0 Å². The highest BCUT2D eigenvalue weighted by Gasteiger charge is 2.45. The van der Waals surface area contributed by atoms with Crippen molar-refractivity contribution in [1.82, 2.24) is 9.21 Å². The first-order chi connectivity index (χ1) is 16.3. The van der Waals surface area contributed by atoms with Gasteiger partial charge in [-0.2, -0.15) is 4.31 Å². The molecular formula is C24H28ClFN2O5S. The number of hydrogen-bond donors (Lipinski definition) is 0. The van der Waals surface area contributed by atoms with E-state index >= 15 is 0 Å². The van der Waals surface area contributed by atoms with Gasteiger partial charge in [0.2, 0.25) is 15.9 Å². The van der Waals surface area contributed by atoms with Crippen LogP contribution in [-0.4, -0.2) is 68.5 Å². The molecule has 0 saturated carbocycles. The Morgan fingerprint density at radius 1 is 1.09 bits per heavy atom. The number of morpholine rings is 1. The molecule has 0 aromatic heterocycles. The van der Waals surface area contributed by atoms with Gasteiger partial charge in [-0.05, 0) is 49.6 Å². The lowest BCUT2D eigenvalue weighted by Gasteiger charge is -2.42. The molecule has 0 bridgehead atoms. The fourth-order valence-electron chi connectivity index (χ4n) is 4.36. The molecule has 10 heteroatoms. The SMILES string of the molecule is O=C(C[C@@]1(COc2cccc(Cl)c2)CN(S(=O)(=O)c2ccccc2F)CCO1)N1CCCCC1. The summed E-state index contributed by atoms with van der Waals surface area (Å²) in [7, 11) is -4.14. The van der Waals surface area contributed by atoms with E-state index in [9.17, 15) is 17.6 Å². The number of carbonyl (C=O) groups excluding carboxylic acids is 1. The quantitative estimate of drug-likeness (QED) is 0.567. The molecule has 2 fully saturated rings. The predicted molar refractivity (Wildman–Crippen MR) is 126 cm³/mol. The van der Waals surface area contributed by atoms with E-state index in [1.165, 1.54) is 22.5 Å². The lowest BCUT2D eigenvalue weighted by molar-refractivity contribution is -0.151. The molecule has 2 aliphatic heterocycles. The third-order valence-electron chi connectivity index (χ3n) is 6.15. The van der Waals surface area contributed by atoms with Gasteiger partial charge in [-0.25, -0.2) is 12.8 Å². The largest absolute Gasteiger partial charge is 0.490 e. The topological polar surface area (TPSA) is 76.1 Å². The van der Waals surface area contributed by atoms with E-state index in [-0.39, 0.29) is 38.6 Å². The normalized spacial score (nSPS) is 21.9. The van der Waals surface area contributed by atoms with Gasteiger partial charge in [0.1, 0.15) is 28.7 Å². The third-order valence-corrected chi connectivity index (χ3v) is 8.26. The Morgan fingerprint density at radius 2 is 1.85 bits per heavy atom. The van der Waals surface area contributed by atoms with Gasteiger partial charge in [-0.3, -0.25) is 4.79 Å². The highest BCUT2D eigenvalue weighted by atomic mass is 35.5. The molecule has 2 saturated heterocycles. The number of nitrogens with zero attached hydrogens (tertiary/aromatic N) is 2. The molecule has 0 aliphatic carbocycles. The molecule has 1 amide bonds. The van der Waals surface area contributed by atoms with Crippen molar-refractivity contribution in [3.63, 3.8) is 0 Å². The van der Waals surface area contributed by atoms with E-state index in [1.54, 1.807) is 29.2 Å². The van der Waals surface area contributed by atoms with Crippen LogP contribution in [0.3, 0.4) is 0 Å². The zero-order valence-corrected chi connectivity index (χ0v) is 20.4. The van der Waals surface area contributed by atoms with Gasteiger partial charge in [0.25, 0.3) is 0 Å². The van der Waals surface area contributed by atoms with Crippen LogP contribution in [0.2, 0.25) is 5.02 Å². The van der Waals surface area contributed by atoms with E-state index in [4.69, 9.17) is 21.1 Å². The summed E-state index contributed by atoms with van der Waals surface area (Å²) in [5, 5.41) is 0.490. The molecule has 4 rings (SSSR count). The molecule has 184 valence electrons. The molecular weight excluding hydrogens is 483 g/mol. The third kappa shape index (κ3) is 5.71. The van der Waals surface area contributed by atoms with Crippen molar-refractivity contribution in [3.8, 4) is 5.75 Å². The molecule has 0 N–H and O–H groups in total. The van der Waals surface area contributed by atoms with E-state index in [0.29, 0.717) is 23.9 Å². The lowest BCUT2D eigenvalue weighted by Crippen LogP contribution is -2.58. The molecule has 7 nitrogen and oxygen atoms in total. The van der Waals surface area contributed by atoms with Crippen LogP contribution in [0.5, 0.6) is 5.75 Å². The first-order valence-corrected chi connectivity index (χ1v) is 13.2. The van der Waals surface area contributed by atoms with Crippen molar-refractivity contribution in [2.75, 3.05) is 39.4 Å². The molecule has 0 spiro atoms. The Kier molecular flexibility index (Phi) is 7.77. The summed E-state index contributed by atoms with van der Waals surface area (Å²) in [6.07, 6.45) is 2.91. The Balaban J connectivity index is 1.59. The molecule has 1 atom stereocenters. The van der Waals surface area contributed by atoms with Crippen molar-refractivity contribution in [2.45, 2.75) is 36.2 Å². The minimum atomic E-state index is -4.14. The number of ether oxygens (including phenoxy) is 2. The number of amides is 1. The van der Waals surface area contributed by atoms with Gasteiger partial charge in [0.15, 0.2) is 0 Å². The summed E-state index contributed by atoms with van der Waals surface area (Å²) < 4.78 is 54.1. The van der Waals surface area contributed by atoms with Crippen LogP contribution in [-0.2, 0) is 19.6 Å². The van der Waals surface area contributed by atoms with Gasteiger partial charge in [-0.1, -0.05) is 29.8 Å². The Morgan fingerprint density at radius 3 is 2.59 bits per heavy atom. The number of rotatable bonds is 7. The molecule has 2 aromatic rings. The zero-order valence-electron chi connectivity index (χ0n) is 18.8. The first kappa shape index (κ1) is 24.9. The summed E-state index contributed by atoms with van der Waals surface area (Å²) in [5.74, 6) is -0.450. The number of likely N-dealkylation sites (tertiary alicyclic amines) is 1. The maximum Gasteiger partial charge on any atom is 0.246 e. The van der Waals surface area contributed by atoms with Gasteiger partial charge in [-0.15, -0.1) is 0 Å². The van der Waals surface area contributed by atoms with Crippen LogP contribution < -0.4 is 4.74 Å². The number of hydrogen-bond acceptors (Lipinski definition) is 5. The second kappa shape index (κ2) is 10.6. The Hall–Kier alpha value is -2.20. The van der Waals surface area contributed by atoms with E-state index in [2.05, 4.69) is 0 Å².